The van der Waals surface area contributed by atoms with Crippen molar-refractivity contribution in [2.45, 2.75) is 6.42 Å². The summed E-state index contributed by atoms with van der Waals surface area (Å²) in [5.41, 5.74) is 0. The van der Waals surface area contributed by atoms with Crippen molar-refractivity contribution in [2.24, 2.45) is 10.1 Å². The first-order valence-corrected chi connectivity index (χ1v) is 4.18. The molecule has 0 unspecified atom stereocenters. The fourth-order valence-electron chi connectivity index (χ4n) is 0.666. The number of nitrogens with zero attached hydrogens (tertiary/aromatic N) is 3. The number of hydrogen-bond donors (Lipinski definition) is 0. The minimum Gasteiger partial charge on any atom is -0.295 e. The standard InChI is InChI=1S/C7H10BrN3/c1-11-5-4-9-6-7(8)2-3-10-11/h3-4,6H,2,5H2,1H3/b7-6+,9-4-,10-3-. The van der Waals surface area contributed by atoms with Crippen molar-refractivity contribution in [3.05, 3.63) is 10.7 Å². The molecule has 0 aromatic heterocycles. The number of aliphatic imine (C=N–C) groups is 1. The van der Waals surface area contributed by atoms with Gasteiger partial charge in [0, 0.05) is 36.6 Å². The molecule has 4 heteroatoms. The van der Waals surface area contributed by atoms with Crippen molar-refractivity contribution in [1.29, 1.82) is 0 Å². The molecule has 0 bridgehead atoms. The third-order valence-corrected chi connectivity index (χ3v) is 1.76. The van der Waals surface area contributed by atoms with Crippen molar-refractivity contribution in [2.75, 3.05) is 13.6 Å². The molecule has 0 radical (unpaired) electrons. The molecule has 0 spiro atoms. The normalized spacial score (nSPS) is 29.3. The molecule has 0 aromatic rings. The van der Waals surface area contributed by atoms with Gasteiger partial charge >= 0.3 is 0 Å². The summed E-state index contributed by atoms with van der Waals surface area (Å²) in [6.07, 6.45) is 6.28. The molecule has 0 N–H and O–H groups in total. The first kappa shape index (κ1) is 8.46. The second kappa shape index (κ2) is 4.28. The maximum Gasteiger partial charge on any atom is 0.0709 e. The summed E-state index contributed by atoms with van der Waals surface area (Å²) >= 11 is 3.37. The zero-order chi connectivity index (χ0) is 8.10. The second-order valence-electron chi connectivity index (χ2n) is 2.25. The van der Waals surface area contributed by atoms with Crippen molar-refractivity contribution >= 4 is 28.4 Å². The molecule has 0 fully saturated rings. The predicted molar refractivity (Wildman–Crippen MR) is 51.2 cm³/mol. The topological polar surface area (TPSA) is 28.0 Å². The van der Waals surface area contributed by atoms with Crippen LogP contribution in [0.3, 0.4) is 0 Å². The average molecular weight is 216 g/mol. The molecular weight excluding hydrogens is 206 g/mol. The molecule has 60 valence electrons. The molecular formula is C7H10BrN3. The lowest BCUT2D eigenvalue weighted by atomic mass is 10.4. The smallest absolute Gasteiger partial charge is 0.0709 e. The zero-order valence-electron chi connectivity index (χ0n) is 6.37. The van der Waals surface area contributed by atoms with Crippen molar-refractivity contribution in [3.63, 3.8) is 0 Å². The van der Waals surface area contributed by atoms with Gasteiger partial charge in [0.1, 0.15) is 0 Å². The minimum absolute atomic E-state index is 0.757. The van der Waals surface area contributed by atoms with Gasteiger partial charge in [0.15, 0.2) is 0 Å². The SMILES string of the molecule is CN1C/C=N\C=C(\Br)C/C=N\1. The first-order chi connectivity index (χ1) is 5.29. The van der Waals surface area contributed by atoms with E-state index >= 15 is 0 Å². The Balaban J connectivity index is 2.63. The van der Waals surface area contributed by atoms with Crippen LogP contribution in [-0.2, 0) is 0 Å². The van der Waals surface area contributed by atoms with Crippen molar-refractivity contribution in [1.82, 2.24) is 5.01 Å². The van der Waals surface area contributed by atoms with Gasteiger partial charge in [-0.25, -0.2) is 0 Å². The fraction of sp³-hybridized carbons (Fsp3) is 0.429. The number of hydrogen-bond acceptors (Lipinski definition) is 3. The zero-order valence-corrected chi connectivity index (χ0v) is 7.95. The van der Waals surface area contributed by atoms with Crippen molar-refractivity contribution < 1.29 is 0 Å². The van der Waals surface area contributed by atoms with Crippen LogP contribution in [0.4, 0.5) is 0 Å². The molecule has 1 rings (SSSR count). The Morgan fingerprint density at radius 3 is 3.18 bits per heavy atom. The minimum atomic E-state index is 0.757. The monoisotopic (exact) mass is 215 g/mol. The van der Waals surface area contributed by atoms with E-state index in [0.29, 0.717) is 0 Å². The summed E-state index contributed by atoms with van der Waals surface area (Å²) in [6, 6.07) is 0. The van der Waals surface area contributed by atoms with E-state index in [9.17, 15) is 0 Å². The lowest BCUT2D eigenvalue weighted by molar-refractivity contribution is 0.411. The highest BCUT2D eigenvalue weighted by Crippen LogP contribution is 2.08. The Labute approximate surface area is 74.6 Å². The van der Waals surface area contributed by atoms with Crippen LogP contribution in [0.5, 0.6) is 0 Å². The van der Waals surface area contributed by atoms with E-state index in [0.717, 1.165) is 17.4 Å². The van der Waals surface area contributed by atoms with Crippen LogP contribution >= 0.6 is 15.9 Å². The van der Waals surface area contributed by atoms with E-state index in [4.69, 9.17) is 0 Å². The van der Waals surface area contributed by atoms with Crippen LogP contribution in [0.25, 0.3) is 0 Å². The van der Waals surface area contributed by atoms with Gasteiger partial charge in [-0.15, -0.1) is 0 Å². The lowest BCUT2D eigenvalue weighted by Gasteiger charge is -2.06. The molecule has 0 saturated heterocycles. The van der Waals surface area contributed by atoms with Gasteiger partial charge in [-0.05, 0) is 0 Å². The van der Waals surface area contributed by atoms with Gasteiger partial charge in [-0.1, -0.05) is 15.9 Å². The van der Waals surface area contributed by atoms with E-state index in [-0.39, 0.29) is 0 Å². The van der Waals surface area contributed by atoms with Gasteiger partial charge in [0.2, 0.25) is 0 Å². The highest BCUT2D eigenvalue weighted by Gasteiger charge is 1.92. The molecule has 1 aliphatic heterocycles. The third kappa shape index (κ3) is 3.32. The highest BCUT2D eigenvalue weighted by molar-refractivity contribution is 9.11. The lowest BCUT2D eigenvalue weighted by Crippen LogP contribution is -2.13. The van der Waals surface area contributed by atoms with Crippen LogP contribution in [0, 0.1) is 0 Å². The van der Waals surface area contributed by atoms with Gasteiger partial charge in [-0.3, -0.25) is 10.0 Å². The maximum atomic E-state index is 4.14. The number of halogens is 1. The summed E-state index contributed by atoms with van der Waals surface area (Å²) in [6.45, 7) is 0.757. The molecule has 0 aliphatic carbocycles. The summed E-state index contributed by atoms with van der Waals surface area (Å²) in [5, 5.41) is 5.98. The Morgan fingerprint density at radius 1 is 1.55 bits per heavy atom. The molecule has 3 nitrogen and oxygen atoms in total. The second-order valence-corrected chi connectivity index (χ2v) is 3.27. The average Bonchev–Trinajstić information content (AvgIpc) is 2.04. The van der Waals surface area contributed by atoms with Crippen molar-refractivity contribution in [3.8, 4) is 0 Å². The largest absolute Gasteiger partial charge is 0.295 e. The molecule has 0 atom stereocenters. The van der Waals surface area contributed by atoms with E-state index in [1.807, 2.05) is 24.5 Å². The van der Waals surface area contributed by atoms with E-state index in [1.165, 1.54) is 0 Å². The molecule has 0 saturated carbocycles. The first-order valence-electron chi connectivity index (χ1n) is 3.39. The molecule has 0 amide bonds. The van der Waals surface area contributed by atoms with Crippen LogP contribution in [0.15, 0.2) is 20.8 Å². The molecule has 0 aromatic carbocycles. The van der Waals surface area contributed by atoms with Crippen LogP contribution < -0.4 is 0 Å². The Kier molecular flexibility index (Phi) is 3.29. The van der Waals surface area contributed by atoms with Gasteiger partial charge in [0.05, 0.1) is 6.54 Å². The molecule has 1 heterocycles. The summed E-state index contributed by atoms with van der Waals surface area (Å²) in [4.78, 5) is 4.07. The summed E-state index contributed by atoms with van der Waals surface area (Å²) in [5.74, 6) is 0. The van der Waals surface area contributed by atoms with Gasteiger partial charge < -0.3 is 0 Å². The summed E-state index contributed by atoms with van der Waals surface area (Å²) < 4.78 is 1.05. The van der Waals surface area contributed by atoms with Crippen LogP contribution in [-0.4, -0.2) is 31.0 Å². The number of hydrazone groups is 1. The maximum absolute atomic E-state index is 4.14. The van der Waals surface area contributed by atoms with Gasteiger partial charge in [0.25, 0.3) is 0 Å². The van der Waals surface area contributed by atoms with E-state index in [1.54, 1.807) is 6.20 Å². The Hall–Kier alpha value is -0.640. The molecule has 1 aliphatic rings. The van der Waals surface area contributed by atoms with Gasteiger partial charge in [-0.2, -0.15) is 5.10 Å². The Morgan fingerprint density at radius 2 is 2.36 bits per heavy atom. The van der Waals surface area contributed by atoms with Crippen LogP contribution in [0.1, 0.15) is 6.42 Å². The summed E-state index contributed by atoms with van der Waals surface area (Å²) in [7, 11) is 1.92. The molecule has 11 heavy (non-hydrogen) atoms. The Bertz CT molecular complexity index is 208. The van der Waals surface area contributed by atoms with Crippen LogP contribution in [0.2, 0.25) is 0 Å². The number of rotatable bonds is 0. The highest BCUT2D eigenvalue weighted by atomic mass is 79.9. The predicted octanol–water partition coefficient (Wildman–Crippen LogP) is 1.61. The third-order valence-electron chi connectivity index (χ3n) is 1.23. The van der Waals surface area contributed by atoms with E-state index in [2.05, 4.69) is 26.0 Å². The number of allylic oxidation sites excluding steroid dienone is 1. The van der Waals surface area contributed by atoms with E-state index < -0.39 is 0 Å². The fourth-order valence-corrected chi connectivity index (χ4v) is 0.929. The quantitative estimate of drug-likeness (QED) is 0.604.